The van der Waals surface area contributed by atoms with Crippen LogP contribution < -0.4 is 8.85 Å². The topological polar surface area (TPSA) is 54.0 Å². The first kappa shape index (κ1) is 28.7. The predicted octanol–water partition coefficient (Wildman–Crippen LogP) is 8.85. The monoisotopic (exact) mass is 521 g/mol. The maximum Gasteiger partial charge on any atom is 0.698 e. The Morgan fingerprint density at radius 2 is 0.912 bits per heavy atom. The molecule has 0 amide bonds. The third kappa shape index (κ3) is 8.31. The number of hydrogen-bond acceptors (Lipinski definition) is 5. The van der Waals surface area contributed by atoms with Crippen molar-refractivity contribution in [1.29, 1.82) is 0 Å². The molecular weight excluding hydrogens is 479 g/mol. The van der Waals surface area contributed by atoms with Gasteiger partial charge in [-0.3, -0.25) is 0 Å². The van der Waals surface area contributed by atoms with E-state index in [0.717, 1.165) is 22.6 Å². The van der Waals surface area contributed by atoms with Gasteiger partial charge in [-0.15, -0.1) is 9.05 Å². The Hall–Kier alpha value is -1.51. The molecule has 2 aromatic rings. The van der Waals surface area contributed by atoms with E-state index in [0.29, 0.717) is 0 Å². The van der Waals surface area contributed by atoms with Crippen molar-refractivity contribution in [2.24, 2.45) is 0 Å². The van der Waals surface area contributed by atoms with Crippen LogP contribution in [0.15, 0.2) is 48.5 Å². The molecule has 0 spiro atoms. The fourth-order valence-electron chi connectivity index (χ4n) is 2.49. The average Bonchev–Trinajstić information content (AvgIpc) is 2.70. The summed E-state index contributed by atoms with van der Waals surface area (Å²) in [6.45, 7) is 22.6. The van der Waals surface area contributed by atoms with Gasteiger partial charge in [-0.25, -0.2) is 0 Å². The zero-order valence-electron chi connectivity index (χ0n) is 22.5. The van der Waals surface area contributed by atoms with Gasteiger partial charge in [0.05, 0.1) is 0 Å². The second kappa shape index (κ2) is 11.0. The van der Waals surface area contributed by atoms with Crippen molar-refractivity contribution in [3.8, 4) is 11.5 Å². The normalized spacial score (nSPS) is 13.0. The molecule has 0 radical (unpaired) electrons. The quantitative estimate of drug-likeness (QED) is 0.231. The molecule has 188 valence electrons. The SMILES string of the molecule is CC(C)(C)[Si](C)(C)Oc1ccc(CO[P+](=O)OCc2ccc(O[Si](C)(C)C(C)(C)C)cc2)cc1. The fraction of sp³-hybridized carbons (Fsp3) is 0.538. The van der Waals surface area contributed by atoms with E-state index in [1.54, 1.807) is 0 Å². The van der Waals surface area contributed by atoms with Gasteiger partial charge < -0.3 is 8.85 Å². The van der Waals surface area contributed by atoms with Crippen molar-refractivity contribution < 1.29 is 22.5 Å². The standard InChI is InChI=1S/C26H42O5PSi2/c1-25(2,3)33(7,8)30-23-15-11-21(12-16-23)19-28-32(27)29-20-22-13-17-24(18-14-22)31-34(9,10)26(4,5)6/h11-18H,19-20H2,1-10H3/q+1. The van der Waals surface area contributed by atoms with Gasteiger partial charge >= 0.3 is 8.25 Å². The molecule has 0 bridgehead atoms. The van der Waals surface area contributed by atoms with Crippen LogP contribution in [0.2, 0.25) is 36.3 Å². The van der Waals surface area contributed by atoms with E-state index in [1.165, 1.54) is 0 Å². The first-order valence-corrected chi connectivity index (χ1v) is 18.7. The summed E-state index contributed by atoms with van der Waals surface area (Å²) in [5, 5.41) is 0.283. The highest BCUT2D eigenvalue weighted by Gasteiger charge is 2.39. The first-order valence-electron chi connectivity index (χ1n) is 11.8. The molecule has 0 aliphatic carbocycles. The predicted molar refractivity (Wildman–Crippen MR) is 146 cm³/mol. The van der Waals surface area contributed by atoms with Gasteiger partial charge in [0.25, 0.3) is 0 Å². The molecule has 5 nitrogen and oxygen atoms in total. The van der Waals surface area contributed by atoms with Gasteiger partial charge in [0, 0.05) is 4.57 Å². The minimum Gasteiger partial charge on any atom is -0.544 e. The van der Waals surface area contributed by atoms with Gasteiger partial charge in [-0.1, -0.05) is 65.8 Å². The van der Waals surface area contributed by atoms with Crippen LogP contribution >= 0.6 is 8.25 Å². The molecule has 8 heteroatoms. The van der Waals surface area contributed by atoms with Crippen LogP contribution in [0.5, 0.6) is 11.5 Å². The number of rotatable bonds is 10. The Labute approximate surface area is 209 Å². The molecule has 0 aliphatic rings. The van der Waals surface area contributed by atoms with Crippen LogP contribution in [0.4, 0.5) is 0 Å². The van der Waals surface area contributed by atoms with Crippen LogP contribution in [0.25, 0.3) is 0 Å². The molecule has 0 saturated heterocycles. The van der Waals surface area contributed by atoms with Crippen LogP contribution in [0.3, 0.4) is 0 Å². The minimum atomic E-state index is -2.22. The highest BCUT2D eigenvalue weighted by molar-refractivity contribution is 7.33. The molecule has 0 saturated carbocycles. The van der Waals surface area contributed by atoms with Crippen molar-refractivity contribution in [3.05, 3.63) is 59.7 Å². The van der Waals surface area contributed by atoms with Gasteiger partial charge in [0.1, 0.15) is 24.7 Å². The summed E-state index contributed by atoms with van der Waals surface area (Å²) < 4.78 is 35.6. The summed E-state index contributed by atoms with van der Waals surface area (Å²) in [5.41, 5.74) is 1.84. The molecule has 0 aliphatic heterocycles. The lowest BCUT2D eigenvalue weighted by Crippen LogP contribution is -2.43. The van der Waals surface area contributed by atoms with Crippen molar-refractivity contribution in [2.45, 2.75) is 91.0 Å². The molecule has 34 heavy (non-hydrogen) atoms. The maximum atomic E-state index is 12.2. The smallest absolute Gasteiger partial charge is 0.544 e. The van der Waals surface area contributed by atoms with E-state index >= 15 is 0 Å². The van der Waals surface area contributed by atoms with Crippen molar-refractivity contribution >= 4 is 24.9 Å². The lowest BCUT2D eigenvalue weighted by Gasteiger charge is -2.36. The Bertz CT molecular complexity index is 866. The molecule has 0 atom stereocenters. The molecule has 0 fully saturated rings. The third-order valence-electron chi connectivity index (χ3n) is 6.88. The maximum absolute atomic E-state index is 12.2. The number of hydrogen-bond donors (Lipinski definition) is 0. The summed E-state index contributed by atoms with van der Waals surface area (Å²) in [6, 6.07) is 15.5. The summed E-state index contributed by atoms with van der Waals surface area (Å²) in [4.78, 5) is 0. The molecular formula is C26H42O5PSi2+. The minimum absolute atomic E-state index is 0.141. The third-order valence-corrected chi connectivity index (χ3v) is 16.3. The molecule has 2 aromatic carbocycles. The molecule has 2 rings (SSSR count). The Kier molecular flexibility index (Phi) is 9.33. The summed E-state index contributed by atoms with van der Waals surface area (Å²) in [6.07, 6.45) is 0. The largest absolute Gasteiger partial charge is 0.698 e. The average molecular weight is 522 g/mol. The van der Waals surface area contributed by atoms with Crippen LogP contribution in [0.1, 0.15) is 52.7 Å². The van der Waals surface area contributed by atoms with Crippen molar-refractivity contribution in [1.82, 2.24) is 0 Å². The van der Waals surface area contributed by atoms with Crippen molar-refractivity contribution in [2.75, 3.05) is 0 Å². The highest BCUT2D eigenvalue weighted by Crippen LogP contribution is 2.38. The summed E-state index contributed by atoms with van der Waals surface area (Å²) in [7, 11) is -5.96. The van der Waals surface area contributed by atoms with Gasteiger partial charge in [0.15, 0.2) is 0 Å². The van der Waals surface area contributed by atoms with Gasteiger partial charge in [-0.2, -0.15) is 0 Å². The number of benzene rings is 2. The summed E-state index contributed by atoms with van der Waals surface area (Å²) >= 11 is 0. The second-order valence-corrected chi connectivity index (χ2v) is 22.2. The van der Waals surface area contributed by atoms with Gasteiger partial charge in [0.2, 0.25) is 16.6 Å². The van der Waals surface area contributed by atoms with E-state index in [-0.39, 0.29) is 23.3 Å². The van der Waals surface area contributed by atoms with E-state index in [9.17, 15) is 4.57 Å². The Balaban J connectivity index is 1.80. The zero-order valence-corrected chi connectivity index (χ0v) is 25.4. The van der Waals surface area contributed by atoms with E-state index in [1.807, 2.05) is 48.5 Å². The molecule has 0 N–H and O–H groups in total. The van der Waals surface area contributed by atoms with Crippen molar-refractivity contribution in [3.63, 3.8) is 0 Å². The molecule has 0 aromatic heterocycles. The zero-order chi connectivity index (χ0) is 25.8. The summed E-state index contributed by atoms with van der Waals surface area (Å²) in [5.74, 6) is 1.72. The Morgan fingerprint density at radius 1 is 0.618 bits per heavy atom. The van der Waals surface area contributed by atoms with Gasteiger partial charge in [-0.05, 0) is 71.7 Å². The lowest BCUT2D eigenvalue weighted by atomic mass is 10.2. The van der Waals surface area contributed by atoms with E-state index in [4.69, 9.17) is 17.9 Å². The first-order chi connectivity index (χ1) is 15.5. The van der Waals surface area contributed by atoms with Crippen LogP contribution in [0, 0.1) is 0 Å². The highest BCUT2D eigenvalue weighted by atomic mass is 31.1. The molecule has 0 unspecified atom stereocenters. The van der Waals surface area contributed by atoms with Crippen LogP contribution in [-0.2, 0) is 26.8 Å². The second-order valence-electron chi connectivity index (χ2n) is 11.8. The van der Waals surface area contributed by atoms with E-state index in [2.05, 4.69) is 67.7 Å². The lowest BCUT2D eigenvalue weighted by molar-refractivity contribution is 0.213. The Morgan fingerprint density at radius 3 is 1.18 bits per heavy atom. The van der Waals surface area contributed by atoms with E-state index < -0.39 is 24.9 Å². The molecule has 0 heterocycles. The van der Waals surface area contributed by atoms with Crippen LogP contribution in [-0.4, -0.2) is 16.6 Å². The fourth-order valence-corrected chi connectivity index (χ4v) is 5.14.